The van der Waals surface area contributed by atoms with Crippen LogP contribution >= 0.6 is 0 Å². The highest BCUT2D eigenvalue weighted by atomic mass is 19.4. The molecule has 0 fully saturated rings. The summed E-state index contributed by atoms with van der Waals surface area (Å²) in [5, 5.41) is 0. The SMILES string of the molecule is CC(C)c1cc(-c2ccc(C(N)=O)cc2)nc(C(F)(F)F)n1. The van der Waals surface area contributed by atoms with Gasteiger partial charge in [-0.2, -0.15) is 13.2 Å². The van der Waals surface area contributed by atoms with Crippen LogP contribution in [-0.2, 0) is 6.18 Å². The number of carbonyl (C=O) groups excluding carboxylic acids is 1. The molecule has 0 spiro atoms. The molecule has 2 N–H and O–H groups in total. The summed E-state index contributed by atoms with van der Waals surface area (Å²) in [5.41, 5.74) is 6.33. The first-order valence-electron chi connectivity index (χ1n) is 6.55. The Morgan fingerprint density at radius 1 is 1.14 bits per heavy atom. The third kappa shape index (κ3) is 3.41. The van der Waals surface area contributed by atoms with Gasteiger partial charge in [-0.05, 0) is 24.1 Å². The van der Waals surface area contributed by atoms with Crippen molar-refractivity contribution in [1.29, 1.82) is 0 Å². The van der Waals surface area contributed by atoms with Crippen LogP contribution in [0.3, 0.4) is 0 Å². The third-order valence-electron chi connectivity index (χ3n) is 3.06. The Labute approximate surface area is 125 Å². The number of rotatable bonds is 3. The van der Waals surface area contributed by atoms with Crippen molar-refractivity contribution in [2.75, 3.05) is 0 Å². The summed E-state index contributed by atoms with van der Waals surface area (Å²) in [5.74, 6) is -1.95. The minimum atomic E-state index is -4.62. The van der Waals surface area contributed by atoms with Gasteiger partial charge in [-0.3, -0.25) is 4.79 Å². The van der Waals surface area contributed by atoms with Gasteiger partial charge in [0.15, 0.2) is 0 Å². The van der Waals surface area contributed by atoms with Crippen LogP contribution in [0.4, 0.5) is 13.2 Å². The zero-order chi connectivity index (χ0) is 16.5. The van der Waals surface area contributed by atoms with Gasteiger partial charge >= 0.3 is 6.18 Å². The minimum absolute atomic E-state index is 0.155. The van der Waals surface area contributed by atoms with Crippen molar-refractivity contribution >= 4 is 5.91 Å². The van der Waals surface area contributed by atoms with Gasteiger partial charge in [0.25, 0.3) is 0 Å². The fourth-order valence-corrected chi connectivity index (χ4v) is 1.84. The molecule has 1 amide bonds. The molecule has 7 heteroatoms. The number of alkyl halides is 3. The molecule has 1 heterocycles. The van der Waals surface area contributed by atoms with Crippen LogP contribution in [0.15, 0.2) is 30.3 Å². The third-order valence-corrected chi connectivity index (χ3v) is 3.06. The monoisotopic (exact) mass is 309 g/mol. The van der Waals surface area contributed by atoms with Gasteiger partial charge in [0, 0.05) is 16.8 Å². The first-order chi connectivity index (χ1) is 10.2. The van der Waals surface area contributed by atoms with Gasteiger partial charge in [-0.25, -0.2) is 9.97 Å². The quantitative estimate of drug-likeness (QED) is 0.945. The van der Waals surface area contributed by atoms with Gasteiger partial charge in [0.2, 0.25) is 11.7 Å². The van der Waals surface area contributed by atoms with Crippen molar-refractivity contribution in [3.05, 3.63) is 47.4 Å². The highest BCUT2D eigenvalue weighted by Gasteiger charge is 2.35. The van der Waals surface area contributed by atoms with Crippen LogP contribution in [-0.4, -0.2) is 15.9 Å². The summed E-state index contributed by atoms with van der Waals surface area (Å²) in [6.45, 7) is 3.50. The molecule has 0 saturated heterocycles. The van der Waals surface area contributed by atoms with Crippen LogP contribution in [0.25, 0.3) is 11.3 Å². The number of aromatic nitrogens is 2. The Morgan fingerprint density at radius 2 is 1.73 bits per heavy atom. The molecule has 0 bridgehead atoms. The summed E-state index contributed by atoms with van der Waals surface area (Å²) < 4.78 is 38.7. The Kier molecular flexibility index (Phi) is 4.16. The fraction of sp³-hybridized carbons (Fsp3) is 0.267. The molecule has 2 rings (SSSR count). The number of nitrogens with two attached hydrogens (primary N) is 1. The van der Waals surface area contributed by atoms with Gasteiger partial charge < -0.3 is 5.73 Å². The smallest absolute Gasteiger partial charge is 0.366 e. The Morgan fingerprint density at radius 3 is 2.18 bits per heavy atom. The lowest BCUT2D eigenvalue weighted by molar-refractivity contribution is -0.145. The summed E-state index contributed by atoms with van der Waals surface area (Å²) >= 11 is 0. The van der Waals surface area contributed by atoms with E-state index in [-0.39, 0.29) is 17.2 Å². The molecule has 22 heavy (non-hydrogen) atoms. The van der Waals surface area contributed by atoms with Crippen molar-refractivity contribution in [3.8, 4) is 11.3 Å². The molecule has 0 aliphatic rings. The summed E-state index contributed by atoms with van der Waals surface area (Å²) in [7, 11) is 0. The van der Waals surface area contributed by atoms with E-state index in [0.717, 1.165) is 0 Å². The van der Waals surface area contributed by atoms with E-state index in [2.05, 4.69) is 9.97 Å². The molecule has 0 aliphatic carbocycles. The topological polar surface area (TPSA) is 68.9 Å². The van der Waals surface area contributed by atoms with Crippen molar-refractivity contribution in [2.24, 2.45) is 5.73 Å². The average molecular weight is 309 g/mol. The molecule has 1 aromatic carbocycles. The molecule has 4 nitrogen and oxygen atoms in total. The maximum atomic E-state index is 12.9. The van der Waals surface area contributed by atoms with Gasteiger partial charge in [0.1, 0.15) is 0 Å². The number of amides is 1. The maximum absolute atomic E-state index is 12.9. The number of benzene rings is 1. The lowest BCUT2D eigenvalue weighted by atomic mass is 10.0. The first-order valence-corrected chi connectivity index (χ1v) is 6.55. The van der Waals surface area contributed by atoms with E-state index in [4.69, 9.17) is 5.73 Å². The molecule has 2 aromatic rings. The van der Waals surface area contributed by atoms with Crippen LogP contribution in [0, 0.1) is 0 Å². The van der Waals surface area contributed by atoms with Crippen molar-refractivity contribution in [2.45, 2.75) is 25.9 Å². The lowest BCUT2D eigenvalue weighted by Crippen LogP contribution is -2.14. The Hall–Kier alpha value is -2.44. The molecule has 0 saturated carbocycles. The van der Waals surface area contributed by atoms with Crippen LogP contribution in [0.1, 0.15) is 41.6 Å². The number of hydrogen-bond donors (Lipinski definition) is 1. The lowest BCUT2D eigenvalue weighted by Gasteiger charge is -2.12. The number of carbonyl (C=O) groups is 1. The normalized spacial score (nSPS) is 11.7. The minimum Gasteiger partial charge on any atom is -0.366 e. The Balaban J connectivity index is 2.54. The predicted octanol–water partition coefficient (Wildman–Crippen LogP) is 3.38. The van der Waals surface area contributed by atoms with E-state index in [0.29, 0.717) is 11.3 Å². The van der Waals surface area contributed by atoms with E-state index in [9.17, 15) is 18.0 Å². The molecule has 0 radical (unpaired) electrons. The van der Waals surface area contributed by atoms with Gasteiger partial charge in [0.05, 0.1) is 5.69 Å². The molecular formula is C15H14F3N3O. The molecule has 1 aromatic heterocycles. The van der Waals surface area contributed by atoms with Crippen LogP contribution in [0.2, 0.25) is 0 Å². The second kappa shape index (κ2) is 5.75. The van der Waals surface area contributed by atoms with Crippen molar-refractivity contribution in [1.82, 2.24) is 9.97 Å². The number of halogens is 3. The largest absolute Gasteiger partial charge is 0.451 e. The molecule has 0 atom stereocenters. The number of hydrogen-bond acceptors (Lipinski definition) is 3. The predicted molar refractivity (Wildman–Crippen MR) is 75.1 cm³/mol. The highest BCUT2D eigenvalue weighted by Crippen LogP contribution is 2.30. The van der Waals surface area contributed by atoms with Gasteiger partial charge in [-0.15, -0.1) is 0 Å². The number of primary amides is 1. The highest BCUT2D eigenvalue weighted by molar-refractivity contribution is 5.93. The van der Waals surface area contributed by atoms with Gasteiger partial charge in [-0.1, -0.05) is 26.0 Å². The Bertz CT molecular complexity index is 694. The second-order valence-corrected chi connectivity index (χ2v) is 5.10. The van der Waals surface area contributed by atoms with E-state index >= 15 is 0 Å². The molecular weight excluding hydrogens is 295 g/mol. The summed E-state index contributed by atoms with van der Waals surface area (Å²) in [4.78, 5) is 18.2. The summed E-state index contributed by atoms with van der Waals surface area (Å²) in [6, 6.07) is 7.42. The maximum Gasteiger partial charge on any atom is 0.451 e. The van der Waals surface area contributed by atoms with Crippen LogP contribution < -0.4 is 5.73 Å². The van der Waals surface area contributed by atoms with Crippen molar-refractivity contribution < 1.29 is 18.0 Å². The molecule has 0 unspecified atom stereocenters. The zero-order valence-electron chi connectivity index (χ0n) is 12.0. The first kappa shape index (κ1) is 15.9. The van der Waals surface area contributed by atoms with Crippen LogP contribution in [0.5, 0.6) is 0 Å². The molecule has 116 valence electrons. The fourth-order valence-electron chi connectivity index (χ4n) is 1.84. The van der Waals surface area contributed by atoms with E-state index in [1.54, 1.807) is 13.8 Å². The summed E-state index contributed by atoms with van der Waals surface area (Å²) in [6.07, 6.45) is -4.62. The standard InChI is InChI=1S/C15H14F3N3O/c1-8(2)11-7-12(21-14(20-11)15(16,17)18)9-3-5-10(6-4-9)13(19)22/h3-8H,1-2H3,(H2,19,22). The van der Waals surface area contributed by atoms with E-state index in [1.165, 1.54) is 30.3 Å². The second-order valence-electron chi connectivity index (χ2n) is 5.10. The number of nitrogens with zero attached hydrogens (tertiary/aromatic N) is 2. The average Bonchev–Trinajstić information content (AvgIpc) is 2.46. The van der Waals surface area contributed by atoms with E-state index < -0.39 is 17.9 Å². The van der Waals surface area contributed by atoms with E-state index in [1.807, 2.05) is 0 Å². The molecule has 0 aliphatic heterocycles. The van der Waals surface area contributed by atoms with Crippen molar-refractivity contribution in [3.63, 3.8) is 0 Å². The zero-order valence-corrected chi connectivity index (χ0v) is 12.0.